The van der Waals surface area contributed by atoms with E-state index in [2.05, 4.69) is 6.07 Å². The van der Waals surface area contributed by atoms with Crippen LogP contribution in [0.5, 0.6) is 0 Å². The third-order valence-electron chi connectivity index (χ3n) is 4.10. The van der Waals surface area contributed by atoms with Gasteiger partial charge in [-0.3, -0.25) is 9.80 Å². The number of rotatable bonds is 1. The van der Waals surface area contributed by atoms with Crippen molar-refractivity contribution in [2.24, 2.45) is 0 Å². The van der Waals surface area contributed by atoms with E-state index in [1.165, 1.54) is 16.0 Å². The van der Waals surface area contributed by atoms with Gasteiger partial charge in [0.05, 0.1) is 11.9 Å². The molecule has 23 heavy (non-hydrogen) atoms. The quantitative estimate of drug-likeness (QED) is 0.626. The van der Waals surface area contributed by atoms with Crippen LogP contribution in [-0.2, 0) is 11.2 Å². The molecule has 0 radical (unpaired) electrons. The second kappa shape index (κ2) is 6.07. The number of benzene rings is 2. The Kier molecular flexibility index (Phi) is 4.27. The van der Waals surface area contributed by atoms with Gasteiger partial charge in [0.15, 0.2) is 0 Å². The van der Waals surface area contributed by atoms with Crippen LogP contribution in [0.15, 0.2) is 42.5 Å². The normalized spacial score (nSPS) is 18.8. The van der Waals surface area contributed by atoms with E-state index < -0.39 is 11.2 Å². The fourth-order valence-corrected chi connectivity index (χ4v) is 4.18. The maximum atomic E-state index is 11.9. The Morgan fingerprint density at radius 1 is 1.17 bits per heavy atom. The first-order valence-electron chi connectivity index (χ1n) is 7.13. The molecule has 1 aromatic carbocycles. The summed E-state index contributed by atoms with van der Waals surface area (Å²) in [6.07, 6.45) is 1.62. The maximum absolute atomic E-state index is 11.9. The lowest BCUT2D eigenvalue weighted by molar-refractivity contribution is 0.208. The number of halogens is 1. The number of amides is 2. The number of hydrogen-bond donors (Lipinski definition) is 0. The number of carbonyl (C=O) groups excluding carboxylic acids is 1. The van der Waals surface area contributed by atoms with Crippen LogP contribution in [0.2, 0.25) is 5.02 Å². The highest BCUT2D eigenvalue weighted by atomic mass is 35.5. The van der Waals surface area contributed by atoms with Crippen LogP contribution >= 0.6 is 11.6 Å². The van der Waals surface area contributed by atoms with Gasteiger partial charge in [-0.15, -0.1) is 0 Å². The smallest absolute Gasteiger partial charge is 0.328 e. The standard InChI is InChI=1S/C11H14N2O2S.C6H3Cl/c1-12-9-7-5-4-6-8(9)10(16(3)15)13(2)11(12)14;7-6-3-4-1-2-5(4)6/h4-7,10H,1-3H3;1-3H. The molecular weight excluding hydrogens is 332 g/mol. The van der Waals surface area contributed by atoms with Crippen molar-refractivity contribution in [3.05, 3.63) is 53.1 Å². The molecule has 2 aliphatic carbocycles. The molecule has 0 fully saturated rings. The van der Waals surface area contributed by atoms with E-state index >= 15 is 0 Å². The van der Waals surface area contributed by atoms with Crippen molar-refractivity contribution in [2.45, 2.75) is 5.37 Å². The first kappa shape index (κ1) is 16.2. The monoisotopic (exact) mass is 348 g/mol. The van der Waals surface area contributed by atoms with Gasteiger partial charge in [0.1, 0.15) is 0 Å². The Morgan fingerprint density at radius 3 is 2.30 bits per heavy atom. The molecule has 1 heterocycles. The van der Waals surface area contributed by atoms with Gasteiger partial charge < -0.3 is 4.55 Å². The van der Waals surface area contributed by atoms with E-state index in [4.69, 9.17) is 11.6 Å². The summed E-state index contributed by atoms with van der Waals surface area (Å²) in [4.78, 5) is 15.0. The highest BCUT2D eigenvalue weighted by molar-refractivity contribution is 7.90. The van der Waals surface area contributed by atoms with Gasteiger partial charge in [0.2, 0.25) is 5.37 Å². The third kappa shape index (κ3) is 2.69. The van der Waals surface area contributed by atoms with E-state index in [0.29, 0.717) is 0 Å². The van der Waals surface area contributed by atoms with Crippen LogP contribution in [-0.4, -0.2) is 35.8 Å². The number of nitrogens with zero attached hydrogens (tertiary/aromatic N) is 2. The topological polar surface area (TPSA) is 46.6 Å². The first-order chi connectivity index (χ1) is 10.9. The van der Waals surface area contributed by atoms with E-state index in [0.717, 1.165) is 16.3 Å². The summed E-state index contributed by atoms with van der Waals surface area (Å²) in [5.41, 5.74) is 4.32. The molecule has 0 bridgehead atoms. The average Bonchev–Trinajstić information content (AvgIpc) is 2.50. The van der Waals surface area contributed by atoms with Crippen LogP contribution in [0, 0.1) is 0 Å². The molecule has 1 aromatic rings. The third-order valence-corrected chi connectivity index (χ3v) is 5.61. The molecule has 0 spiro atoms. The van der Waals surface area contributed by atoms with Crippen LogP contribution in [0.25, 0.3) is 11.1 Å². The van der Waals surface area contributed by atoms with Crippen molar-refractivity contribution in [1.29, 1.82) is 0 Å². The minimum absolute atomic E-state index is 0.126. The second-order valence-electron chi connectivity index (χ2n) is 5.56. The highest BCUT2D eigenvalue weighted by Crippen LogP contribution is 2.40. The lowest BCUT2D eigenvalue weighted by atomic mass is 9.94. The first-order valence-corrected chi connectivity index (χ1v) is 9.13. The van der Waals surface area contributed by atoms with Gasteiger partial charge in [0, 0.05) is 30.2 Å². The maximum Gasteiger partial charge on any atom is 0.328 e. The number of para-hydroxylation sites is 1. The van der Waals surface area contributed by atoms with Gasteiger partial charge in [-0.05, 0) is 34.9 Å². The molecule has 0 saturated carbocycles. The number of urea groups is 1. The summed E-state index contributed by atoms with van der Waals surface area (Å²) in [5, 5.41) is 0.567. The fraction of sp³-hybridized carbons (Fsp3) is 0.235. The van der Waals surface area contributed by atoms with Gasteiger partial charge in [-0.2, -0.15) is 0 Å². The molecule has 4 nitrogen and oxygen atoms in total. The van der Waals surface area contributed by atoms with Crippen molar-refractivity contribution >= 4 is 34.5 Å². The zero-order valence-corrected chi connectivity index (χ0v) is 14.7. The van der Waals surface area contributed by atoms with Gasteiger partial charge >= 0.3 is 6.03 Å². The van der Waals surface area contributed by atoms with Gasteiger partial charge in [0.25, 0.3) is 0 Å². The number of carbonyl (C=O) groups is 1. The second-order valence-corrected chi connectivity index (χ2v) is 7.41. The minimum atomic E-state index is -1.10. The van der Waals surface area contributed by atoms with Crippen molar-refractivity contribution in [3.63, 3.8) is 0 Å². The SMILES string of the molecule is CN1C(=O)N(C)C([S+](C)[O-])c2ccccc21.Clc1cc2ccc1-2. The van der Waals surface area contributed by atoms with Crippen LogP contribution in [0.1, 0.15) is 10.9 Å². The van der Waals surface area contributed by atoms with E-state index in [1.807, 2.05) is 36.4 Å². The molecule has 0 N–H and O–H groups in total. The zero-order valence-electron chi connectivity index (χ0n) is 13.1. The fourth-order valence-electron chi connectivity index (χ4n) is 2.79. The lowest BCUT2D eigenvalue weighted by Crippen LogP contribution is -2.47. The minimum Gasteiger partial charge on any atom is -0.615 e. The Bertz CT molecular complexity index is 766. The Labute approximate surface area is 143 Å². The number of fused-ring (bicyclic) bond motifs is 2. The van der Waals surface area contributed by atoms with Crippen molar-refractivity contribution in [1.82, 2.24) is 4.90 Å². The highest BCUT2D eigenvalue weighted by Gasteiger charge is 2.38. The molecular formula is C17H17ClN2O2S. The van der Waals surface area contributed by atoms with Gasteiger partial charge in [-0.1, -0.05) is 35.9 Å². The predicted octanol–water partition coefficient (Wildman–Crippen LogP) is 3.89. The molecule has 0 aromatic heterocycles. The molecule has 1 aliphatic heterocycles. The Hall–Kier alpha value is -1.69. The number of anilines is 1. The van der Waals surface area contributed by atoms with Crippen molar-refractivity contribution < 1.29 is 9.35 Å². The summed E-state index contributed by atoms with van der Waals surface area (Å²) in [6.45, 7) is 0. The predicted molar refractivity (Wildman–Crippen MR) is 95.3 cm³/mol. The lowest BCUT2D eigenvalue weighted by Gasteiger charge is -2.38. The molecule has 3 aliphatic rings. The summed E-state index contributed by atoms with van der Waals surface area (Å²) in [6, 6.07) is 13.5. The Morgan fingerprint density at radius 2 is 1.87 bits per heavy atom. The Balaban J connectivity index is 0.000000183. The summed E-state index contributed by atoms with van der Waals surface area (Å²) < 4.78 is 11.7. The molecule has 4 rings (SSSR count). The molecule has 120 valence electrons. The van der Waals surface area contributed by atoms with E-state index in [-0.39, 0.29) is 11.4 Å². The summed E-state index contributed by atoms with van der Waals surface area (Å²) in [7, 11) is 3.41. The molecule has 0 saturated heterocycles. The van der Waals surface area contributed by atoms with Crippen molar-refractivity contribution in [3.8, 4) is 11.1 Å². The van der Waals surface area contributed by atoms with Gasteiger partial charge in [-0.25, -0.2) is 4.79 Å². The summed E-state index contributed by atoms with van der Waals surface area (Å²) >= 11 is 4.50. The van der Waals surface area contributed by atoms with Crippen LogP contribution in [0.3, 0.4) is 0 Å². The largest absolute Gasteiger partial charge is 0.615 e. The molecule has 2 unspecified atom stereocenters. The van der Waals surface area contributed by atoms with Crippen LogP contribution < -0.4 is 4.90 Å². The van der Waals surface area contributed by atoms with Crippen molar-refractivity contribution in [2.75, 3.05) is 25.3 Å². The van der Waals surface area contributed by atoms with E-state index in [9.17, 15) is 9.35 Å². The molecule has 2 atom stereocenters. The average molecular weight is 349 g/mol. The van der Waals surface area contributed by atoms with Crippen LogP contribution in [0.4, 0.5) is 10.5 Å². The van der Waals surface area contributed by atoms with E-state index in [1.54, 1.807) is 25.3 Å². The molecule has 6 heteroatoms. The molecule has 2 amide bonds. The number of hydrogen-bond acceptors (Lipinski definition) is 2. The summed E-state index contributed by atoms with van der Waals surface area (Å²) in [5.74, 6) is 0. The zero-order chi connectivity index (χ0) is 16.7.